The largest absolute Gasteiger partial charge is 0.374 e. The maximum absolute atomic E-state index is 12.4. The number of hydrogen-bond donors (Lipinski definition) is 1. The van der Waals surface area contributed by atoms with Crippen LogP contribution in [0.2, 0.25) is 0 Å². The second-order valence-electron chi connectivity index (χ2n) is 7.26. The fourth-order valence-corrected chi connectivity index (χ4v) is 3.72. The first-order valence-electron chi connectivity index (χ1n) is 9.68. The van der Waals surface area contributed by atoms with Gasteiger partial charge in [0.05, 0.1) is 0 Å². The first-order chi connectivity index (χ1) is 12.7. The van der Waals surface area contributed by atoms with E-state index >= 15 is 0 Å². The monoisotopic (exact) mass is 352 g/mol. The molecule has 0 aromatic heterocycles. The maximum Gasteiger partial charge on any atom is 0.263 e. The molecule has 138 valence electrons. The average Bonchev–Trinajstić information content (AvgIpc) is 2.69. The molecule has 1 aromatic rings. The van der Waals surface area contributed by atoms with Crippen LogP contribution in [0.5, 0.6) is 0 Å². The third-order valence-corrected chi connectivity index (χ3v) is 5.27. The quantitative estimate of drug-likeness (QED) is 0.654. The van der Waals surface area contributed by atoms with E-state index in [4.69, 9.17) is 0 Å². The predicted octanol–water partition coefficient (Wildman–Crippen LogP) is 2.66. The van der Waals surface area contributed by atoms with Crippen LogP contribution in [0.15, 0.2) is 42.1 Å². The lowest BCUT2D eigenvalue weighted by atomic mass is 9.95. The Labute approximate surface area is 156 Å². The van der Waals surface area contributed by atoms with Gasteiger partial charge in [-0.1, -0.05) is 49.6 Å². The molecule has 0 bridgehead atoms. The Kier molecular flexibility index (Phi) is 6.68. The van der Waals surface area contributed by atoms with Gasteiger partial charge in [-0.25, -0.2) is 0 Å². The van der Waals surface area contributed by atoms with Crippen molar-refractivity contribution in [3.8, 4) is 6.07 Å². The lowest BCUT2D eigenvalue weighted by Crippen LogP contribution is -2.44. The minimum atomic E-state index is -0.217. The predicted molar refractivity (Wildman–Crippen MR) is 102 cm³/mol. The van der Waals surface area contributed by atoms with Gasteiger partial charge in [0.2, 0.25) is 0 Å². The van der Waals surface area contributed by atoms with Gasteiger partial charge in [-0.05, 0) is 18.4 Å². The van der Waals surface area contributed by atoms with Gasteiger partial charge in [0, 0.05) is 45.0 Å². The highest BCUT2D eigenvalue weighted by Crippen LogP contribution is 2.18. The molecule has 0 spiro atoms. The molecular weight excluding hydrogens is 324 g/mol. The summed E-state index contributed by atoms with van der Waals surface area (Å²) < 4.78 is 0. The Balaban J connectivity index is 1.49. The number of amides is 1. The summed E-state index contributed by atoms with van der Waals surface area (Å²) in [7, 11) is 0. The van der Waals surface area contributed by atoms with E-state index in [0.717, 1.165) is 45.6 Å². The number of hydrogen-bond acceptors (Lipinski definition) is 4. The van der Waals surface area contributed by atoms with E-state index in [9.17, 15) is 10.1 Å². The number of nitriles is 1. The molecule has 2 fully saturated rings. The Hall–Kier alpha value is -2.32. The van der Waals surface area contributed by atoms with Crippen LogP contribution in [0.1, 0.15) is 37.7 Å². The Bertz CT molecular complexity index is 650. The Morgan fingerprint density at radius 3 is 2.46 bits per heavy atom. The van der Waals surface area contributed by atoms with Gasteiger partial charge >= 0.3 is 0 Å². The molecule has 26 heavy (non-hydrogen) atoms. The summed E-state index contributed by atoms with van der Waals surface area (Å²) in [4.78, 5) is 16.9. The van der Waals surface area contributed by atoms with Crippen molar-refractivity contribution in [2.24, 2.45) is 0 Å². The molecule has 1 amide bonds. The van der Waals surface area contributed by atoms with Crippen molar-refractivity contribution in [3.05, 3.63) is 47.7 Å². The summed E-state index contributed by atoms with van der Waals surface area (Å²) in [5.74, 6) is -0.217. The molecule has 5 heteroatoms. The standard InChI is InChI=1S/C21H28N4O/c22-15-19(21(26)23-20-9-5-2-6-10-20)17-25-13-11-24(12-14-25)16-18-7-3-1-4-8-18/h1,3-4,7-8,17,20H,2,5-6,9-14,16H2,(H,23,26)/b19-17-. The van der Waals surface area contributed by atoms with E-state index in [1.807, 2.05) is 6.07 Å². The third kappa shape index (κ3) is 5.34. The normalized spacial score (nSPS) is 19.8. The molecule has 1 aliphatic heterocycles. The molecule has 1 saturated carbocycles. The lowest BCUT2D eigenvalue weighted by molar-refractivity contribution is -0.118. The van der Waals surface area contributed by atoms with Crippen molar-refractivity contribution in [3.63, 3.8) is 0 Å². The van der Waals surface area contributed by atoms with Gasteiger partial charge in [0.25, 0.3) is 5.91 Å². The summed E-state index contributed by atoms with van der Waals surface area (Å²) in [6.45, 7) is 4.51. The van der Waals surface area contributed by atoms with Gasteiger partial charge in [-0.2, -0.15) is 5.26 Å². The fraction of sp³-hybridized carbons (Fsp3) is 0.524. The second-order valence-corrected chi connectivity index (χ2v) is 7.26. The zero-order valence-electron chi connectivity index (χ0n) is 15.4. The summed E-state index contributed by atoms with van der Waals surface area (Å²) >= 11 is 0. The van der Waals surface area contributed by atoms with Crippen LogP contribution in [0, 0.1) is 11.3 Å². The molecular formula is C21H28N4O. The summed E-state index contributed by atoms with van der Waals surface area (Å²) in [5.41, 5.74) is 1.55. The van der Waals surface area contributed by atoms with Crippen LogP contribution in [0.3, 0.4) is 0 Å². The topological polar surface area (TPSA) is 59.4 Å². The summed E-state index contributed by atoms with van der Waals surface area (Å²) in [6, 6.07) is 12.8. The number of rotatable bonds is 5. The highest BCUT2D eigenvalue weighted by Gasteiger charge is 2.20. The lowest BCUT2D eigenvalue weighted by Gasteiger charge is -2.34. The minimum Gasteiger partial charge on any atom is -0.374 e. The molecule has 0 unspecified atom stereocenters. The van der Waals surface area contributed by atoms with Gasteiger partial charge in [0.1, 0.15) is 11.6 Å². The number of nitrogens with one attached hydrogen (secondary N) is 1. The molecule has 1 heterocycles. The van der Waals surface area contributed by atoms with Gasteiger partial charge in [-0.3, -0.25) is 9.69 Å². The van der Waals surface area contributed by atoms with Crippen molar-refractivity contribution >= 4 is 5.91 Å². The third-order valence-electron chi connectivity index (χ3n) is 5.27. The van der Waals surface area contributed by atoms with Crippen LogP contribution in [0.25, 0.3) is 0 Å². The van der Waals surface area contributed by atoms with E-state index < -0.39 is 0 Å². The number of carbonyl (C=O) groups excluding carboxylic acids is 1. The van der Waals surface area contributed by atoms with E-state index in [1.165, 1.54) is 24.8 Å². The molecule has 1 aliphatic carbocycles. The number of nitrogens with zero attached hydrogens (tertiary/aromatic N) is 3. The summed E-state index contributed by atoms with van der Waals surface area (Å²) in [5, 5.41) is 12.4. The first kappa shape index (κ1) is 18.5. The number of carbonyl (C=O) groups is 1. The van der Waals surface area contributed by atoms with E-state index in [2.05, 4.69) is 45.5 Å². The highest BCUT2D eigenvalue weighted by molar-refractivity contribution is 5.97. The molecule has 0 atom stereocenters. The van der Waals surface area contributed by atoms with Crippen LogP contribution < -0.4 is 5.32 Å². The number of benzene rings is 1. The number of piperazine rings is 1. The molecule has 1 saturated heterocycles. The van der Waals surface area contributed by atoms with Gasteiger partial charge in [0.15, 0.2) is 0 Å². The van der Waals surface area contributed by atoms with Crippen LogP contribution in [0.4, 0.5) is 0 Å². The highest BCUT2D eigenvalue weighted by atomic mass is 16.1. The molecule has 3 rings (SSSR count). The van der Waals surface area contributed by atoms with Crippen LogP contribution in [-0.4, -0.2) is 47.9 Å². The van der Waals surface area contributed by atoms with E-state index in [1.54, 1.807) is 6.20 Å². The second kappa shape index (κ2) is 9.40. The maximum atomic E-state index is 12.4. The Morgan fingerprint density at radius 1 is 1.12 bits per heavy atom. The van der Waals surface area contributed by atoms with Crippen molar-refractivity contribution in [1.82, 2.24) is 15.1 Å². The van der Waals surface area contributed by atoms with Crippen molar-refractivity contribution < 1.29 is 4.79 Å². The molecule has 0 radical (unpaired) electrons. The first-order valence-corrected chi connectivity index (χ1v) is 9.68. The van der Waals surface area contributed by atoms with Gasteiger partial charge in [-0.15, -0.1) is 0 Å². The molecule has 5 nitrogen and oxygen atoms in total. The van der Waals surface area contributed by atoms with Gasteiger partial charge < -0.3 is 10.2 Å². The van der Waals surface area contributed by atoms with Crippen LogP contribution in [-0.2, 0) is 11.3 Å². The van der Waals surface area contributed by atoms with E-state index in [0.29, 0.717) is 0 Å². The van der Waals surface area contributed by atoms with Crippen molar-refractivity contribution in [2.45, 2.75) is 44.7 Å². The van der Waals surface area contributed by atoms with Crippen molar-refractivity contribution in [2.75, 3.05) is 26.2 Å². The minimum absolute atomic E-state index is 0.217. The zero-order chi connectivity index (χ0) is 18.2. The van der Waals surface area contributed by atoms with Crippen LogP contribution >= 0.6 is 0 Å². The molecule has 2 aliphatic rings. The molecule has 1 N–H and O–H groups in total. The SMILES string of the molecule is N#C/C(=C/N1CCN(Cc2ccccc2)CC1)C(=O)NC1CCCCC1. The molecule has 1 aromatic carbocycles. The smallest absolute Gasteiger partial charge is 0.263 e. The average molecular weight is 352 g/mol. The van der Waals surface area contributed by atoms with E-state index in [-0.39, 0.29) is 17.5 Å². The summed E-state index contributed by atoms with van der Waals surface area (Å²) in [6.07, 6.45) is 7.39. The Morgan fingerprint density at radius 2 is 1.81 bits per heavy atom. The van der Waals surface area contributed by atoms with Crippen molar-refractivity contribution in [1.29, 1.82) is 5.26 Å². The zero-order valence-corrected chi connectivity index (χ0v) is 15.4. The fourth-order valence-electron chi connectivity index (χ4n) is 3.72.